The highest BCUT2D eigenvalue weighted by Gasteiger charge is 2.09. The third-order valence-electron chi connectivity index (χ3n) is 2.01. The van der Waals surface area contributed by atoms with E-state index in [0.717, 1.165) is 18.0 Å². The van der Waals surface area contributed by atoms with Gasteiger partial charge in [0.15, 0.2) is 0 Å². The highest BCUT2D eigenvalue weighted by atomic mass is 32.1. The first-order valence-corrected chi connectivity index (χ1v) is 6.23. The topological polar surface area (TPSA) is 66.9 Å². The molecule has 1 aromatic heterocycles. The predicted octanol–water partition coefficient (Wildman–Crippen LogP) is 1.60. The van der Waals surface area contributed by atoms with Crippen LogP contribution in [0, 0.1) is 0 Å². The third kappa shape index (κ3) is 4.24. The fourth-order valence-corrected chi connectivity index (χ4v) is 1.89. The summed E-state index contributed by atoms with van der Waals surface area (Å²) >= 11 is 1.44. The van der Waals surface area contributed by atoms with Crippen molar-refractivity contribution in [2.75, 3.05) is 18.9 Å². The summed E-state index contributed by atoms with van der Waals surface area (Å²) in [4.78, 5) is 11.5. The molecule has 1 aromatic rings. The van der Waals surface area contributed by atoms with E-state index in [2.05, 4.69) is 34.7 Å². The molecule has 0 bridgehead atoms. The Hall–Kier alpha value is -1.01. The first kappa shape index (κ1) is 13.1. The van der Waals surface area contributed by atoms with Crippen molar-refractivity contribution in [1.29, 1.82) is 0 Å². The van der Waals surface area contributed by atoms with Gasteiger partial charge in [-0.3, -0.25) is 4.79 Å². The van der Waals surface area contributed by atoms with E-state index in [-0.39, 0.29) is 5.91 Å². The molecule has 0 fully saturated rings. The highest BCUT2D eigenvalue weighted by Crippen LogP contribution is 2.22. The Bertz CT molecular complexity index is 337. The molecule has 90 valence electrons. The second kappa shape index (κ2) is 6.55. The molecule has 0 aliphatic rings. The van der Waals surface area contributed by atoms with Crippen molar-refractivity contribution in [2.45, 2.75) is 32.6 Å². The van der Waals surface area contributed by atoms with Gasteiger partial charge in [-0.2, -0.15) is 0 Å². The average Bonchev–Trinajstić information content (AvgIpc) is 2.66. The molecular weight excluding hydrogens is 224 g/mol. The van der Waals surface area contributed by atoms with Crippen LogP contribution in [-0.4, -0.2) is 29.7 Å². The highest BCUT2D eigenvalue weighted by molar-refractivity contribution is 7.15. The Morgan fingerprint density at radius 1 is 1.44 bits per heavy atom. The largest absolute Gasteiger partial charge is 0.320 e. The number of amides is 1. The number of carbonyl (C=O) groups excluding carboxylic acids is 1. The van der Waals surface area contributed by atoms with Gasteiger partial charge in [0.25, 0.3) is 0 Å². The van der Waals surface area contributed by atoms with Crippen LogP contribution in [0.15, 0.2) is 0 Å². The second-order valence-electron chi connectivity index (χ2n) is 3.86. The fraction of sp³-hybridized carbons (Fsp3) is 0.700. The van der Waals surface area contributed by atoms with E-state index in [1.807, 2.05) is 7.05 Å². The predicted molar refractivity (Wildman–Crippen MR) is 65.8 cm³/mol. The lowest BCUT2D eigenvalue weighted by molar-refractivity contribution is -0.116. The summed E-state index contributed by atoms with van der Waals surface area (Å²) in [6.07, 6.45) is 1.34. The van der Waals surface area contributed by atoms with Crippen molar-refractivity contribution in [3.63, 3.8) is 0 Å². The summed E-state index contributed by atoms with van der Waals surface area (Å²) in [5, 5.41) is 15.2. The molecule has 0 atom stereocenters. The lowest BCUT2D eigenvalue weighted by Gasteiger charge is -2.00. The van der Waals surface area contributed by atoms with Crippen LogP contribution in [0.4, 0.5) is 5.13 Å². The second-order valence-corrected chi connectivity index (χ2v) is 4.86. The summed E-state index contributed by atoms with van der Waals surface area (Å²) in [6, 6.07) is 0. The molecule has 5 nitrogen and oxygen atoms in total. The number of hydrogen-bond donors (Lipinski definition) is 2. The van der Waals surface area contributed by atoms with Crippen molar-refractivity contribution < 1.29 is 4.79 Å². The number of hydrogen-bond acceptors (Lipinski definition) is 5. The summed E-state index contributed by atoms with van der Waals surface area (Å²) in [6.45, 7) is 4.96. The molecule has 1 heterocycles. The van der Waals surface area contributed by atoms with Crippen molar-refractivity contribution in [3.05, 3.63) is 5.01 Å². The van der Waals surface area contributed by atoms with E-state index in [1.54, 1.807) is 0 Å². The van der Waals surface area contributed by atoms with Gasteiger partial charge in [0.05, 0.1) is 0 Å². The molecule has 0 aromatic carbocycles. The van der Waals surface area contributed by atoms with Gasteiger partial charge in [0.2, 0.25) is 11.0 Å². The minimum absolute atomic E-state index is 0.00158. The molecule has 6 heteroatoms. The molecule has 0 saturated carbocycles. The molecule has 1 amide bonds. The number of anilines is 1. The van der Waals surface area contributed by atoms with Crippen LogP contribution in [0.5, 0.6) is 0 Å². The van der Waals surface area contributed by atoms with Gasteiger partial charge in [-0.25, -0.2) is 0 Å². The minimum Gasteiger partial charge on any atom is -0.320 e. The Morgan fingerprint density at radius 3 is 2.75 bits per heavy atom. The van der Waals surface area contributed by atoms with Crippen LogP contribution < -0.4 is 10.6 Å². The maximum atomic E-state index is 11.5. The van der Waals surface area contributed by atoms with E-state index >= 15 is 0 Å². The van der Waals surface area contributed by atoms with Crippen molar-refractivity contribution >= 4 is 22.4 Å². The van der Waals surface area contributed by atoms with Crippen LogP contribution in [0.3, 0.4) is 0 Å². The zero-order valence-electron chi connectivity index (χ0n) is 9.91. The van der Waals surface area contributed by atoms with Gasteiger partial charge < -0.3 is 10.6 Å². The first-order chi connectivity index (χ1) is 7.63. The smallest absolute Gasteiger partial charge is 0.226 e. The molecule has 16 heavy (non-hydrogen) atoms. The standard InChI is InChI=1S/C10H18N4OS/c1-7(2)9-13-14-10(16-9)12-8(15)5-4-6-11-3/h7,11H,4-6H2,1-3H3,(H,12,14,15). The fourth-order valence-electron chi connectivity index (χ4n) is 1.13. The summed E-state index contributed by atoms with van der Waals surface area (Å²) in [7, 11) is 1.87. The lowest BCUT2D eigenvalue weighted by Crippen LogP contribution is -2.15. The van der Waals surface area contributed by atoms with E-state index < -0.39 is 0 Å². The lowest BCUT2D eigenvalue weighted by atomic mass is 10.2. The summed E-state index contributed by atoms with van der Waals surface area (Å²) in [5.41, 5.74) is 0. The molecule has 2 N–H and O–H groups in total. The van der Waals surface area contributed by atoms with Gasteiger partial charge in [-0.15, -0.1) is 10.2 Å². The van der Waals surface area contributed by atoms with E-state index in [4.69, 9.17) is 0 Å². The van der Waals surface area contributed by atoms with E-state index in [1.165, 1.54) is 11.3 Å². The van der Waals surface area contributed by atoms with Crippen molar-refractivity contribution in [1.82, 2.24) is 15.5 Å². The molecule has 0 spiro atoms. The van der Waals surface area contributed by atoms with Gasteiger partial charge >= 0.3 is 0 Å². The SMILES string of the molecule is CNCCCC(=O)Nc1nnc(C(C)C)s1. The van der Waals surface area contributed by atoms with Crippen LogP contribution in [0.25, 0.3) is 0 Å². The minimum atomic E-state index is 0.00158. The van der Waals surface area contributed by atoms with E-state index in [9.17, 15) is 4.79 Å². The maximum absolute atomic E-state index is 11.5. The van der Waals surface area contributed by atoms with E-state index in [0.29, 0.717) is 17.5 Å². The average molecular weight is 242 g/mol. The maximum Gasteiger partial charge on any atom is 0.226 e. The molecule has 0 saturated heterocycles. The molecule has 0 radical (unpaired) electrons. The van der Waals surface area contributed by atoms with Crippen molar-refractivity contribution in [2.24, 2.45) is 0 Å². The Kier molecular flexibility index (Phi) is 5.34. The molecule has 1 rings (SSSR count). The van der Waals surface area contributed by atoms with Crippen LogP contribution in [0.2, 0.25) is 0 Å². The Morgan fingerprint density at radius 2 is 2.19 bits per heavy atom. The first-order valence-electron chi connectivity index (χ1n) is 5.41. The summed E-state index contributed by atoms with van der Waals surface area (Å²) < 4.78 is 0. The normalized spacial score (nSPS) is 10.8. The Balaban J connectivity index is 2.37. The van der Waals surface area contributed by atoms with Gasteiger partial charge in [-0.1, -0.05) is 25.2 Å². The summed E-state index contributed by atoms with van der Waals surface area (Å²) in [5.74, 6) is 0.356. The van der Waals surface area contributed by atoms with Gasteiger partial charge in [0, 0.05) is 12.3 Å². The molecule has 0 aliphatic heterocycles. The van der Waals surface area contributed by atoms with Crippen molar-refractivity contribution in [3.8, 4) is 0 Å². The Labute approximate surface area is 99.7 Å². The monoisotopic (exact) mass is 242 g/mol. The zero-order valence-corrected chi connectivity index (χ0v) is 10.7. The quantitative estimate of drug-likeness (QED) is 0.744. The van der Waals surface area contributed by atoms with Crippen LogP contribution in [-0.2, 0) is 4.79 Å². The van der Waals surface area contributed by atoms with Gasteiger partial charge in [-0.05, 0) is 20.0 Å². The number of aromatic nitrogens is 2. The molecule has 0 unspecified atom stereocenters. The number of rotatable bonds is 6. The zero-order chi connectivity index (χ0) is 12.0. The van der Waals surface area contributed by atoms with Crippen LogP contribution >= 0.6 is 11.3 Å². The third-order valence-corrected chi connectivity index (χ3v) is 3.15. The van der Waals surface area contributed by atoms with Gasteiger partial charge in [0.1, 0.15) is 5.01 Å². The molecular formula is C10H18N4OS. The number of nitrogens with zero attached hydrogens (tertiary/aromatic N) is 2. The number of nitrogens with one attached hydrogen (secondary N) is 2. The molecule has 0 aliphatic carbocycles. The van der Waals surface area contributed by atoms with Crippen LogP contribution in [0.1, 0.15) is 37.6 Å². The number of carbonyl (C=O) groups is 1.